The fraction of sp³-hybridized carbons (Fsp3) is 0.667. The Hall–Kier alpha value is -0.0500. The van der Waals surface area contributed by atoms with E-state index < -0.39 is 0 Å². The minimum absolute atomic E-state index is 0.501. The average molecular weight is 245 g/mol. The third kappa shape index (κ3) is 2.74. The Bertz CT molecular complexity index is 323. The number of hydrogen-bond donors (Lipinski definition) is 0. The SMILES string of the molecule is CCC(CC1OC1CC)c1ccc(Cl)s1. The summed E-state index contributed by atoms with van der Waals surface area (Å²) >= 11 is 7.67. The third-order valence-electron chi connectivity index (χ3n) is 3.10. The van der Waals surface area contributed by atoms with E-state index in [1.807, 2.05) is 6.07 Å². The Labute approximate surface area is 100 Å². The molecular formula is C12H17ClOS. The zero-order chi connectivity index (χ0) is 10.8. The highest BCUT2D eigenvalue weighted by atomic mass is 35.5. The van der Waals surface area contributed by atoms with Crippen LogP contribution < -0.4 is 0 Å². The van der Waals surface area contributed by atoms with Crippen molar-refractivity contribution in [2.45, 2.75) is 51.2 Å². The van der Waals surface area contributed by atoms with Gasteiger partial charge in [0.05, 0.1) is 16.5 Å². The first-order valence-electron chi connectivity index (χ1n) is 5.65. The fourth-order valence-corrected chi connectivity index (χ4v) is 3.31. The van der Waals surface area contributed by atoms with E-state index in [0.717, 1.165) is 17.2 Å². The first-order valence-corrected chi connectivity index (χ1v) is 6.84. The number of hydrogen-bond acceptors (Lipinski definition) is 2. The molecule has 0 N–H and O–H groups in total. The molecule has 1 nitrogen and oxygen atoms in total. The number of halogens is 1. The van der Waals surface area contributed by atoms with Crippen molar-refractivity contribution in [2.75, 3.05) is 0 Å². The highest BCUT2D eigenvalue weighted by molar-refractivity contribution is 7.16. The van der Waals surface area contributed by atoms with Crippen LogP contribution >= 0.6 is 22.9 Å². The monoisotopic (exact) mass is 244 g/mol. The summed E-state index contributed by atoms with van der Waals surface area (Å²) in [4.78, 5) is 1.41. The minimum atomic E-state index is 0.501. The lowest BCUT2D eigenvalue weighted by atomic mass is 9.97. The van der Waals surface area contributed by atoms with Gasteiger partial charge in [0, 0.05) is 4.88 Å². The van der Waals surface area contributed by atoms with Gasteiger partial charge >= 0.3 is 0 Å². The Balaban J connectivity index is 1.93. The molecule has 2 rings (SSSR count). The van der Waals surface area contributed by atoms with E-state index in [-0.39, 0.29) is 0 Å². The Morgan fingerprint density at radius 2 is 2.20 bits per heavy atom. The molecule has 2 heterocycles. The zero-order valence-electron chi connectivity index (χ0n) is 9.20. The molecule has 3 unspecified atom stereocenters. The quantitative estimate of drug-likeness (QED) is 0.697. The molecule has 0 aliphatic carbocycles. The van der Waals surface area contributed by atoms with Gasteiger partial charge in [0.15, 0.2) is 0 Å². The standard InChI is InChI=1S/C12H17ClOS/c1-3-8(7-10-9(4-2)14-10)11-5-6-12(13)15-11/h5-6,8-10H,3-4,7H2,1-2H3. The Morgan fingerprint density at radius 1 is 1.40 bits per heavy atom. The molecule has 1 aromatic heterocycles. The number of epoxide rings is 1. The molecule has 15 heavy (non-hydrogen) atoms. The molecule has 1 saturated heterocycles. The predicted octanol–water partition coefficient (Wildman–Crippen LogP) is 4.46. The molecule has 0 bridgehead atoms. The number of thiophene rings is 1. The van der Waals surface area contributed by atoms with E-state index in [0.29, 0.717) is 18.1 Å². The molecule has 0 aromatic carbocycles. The second-order valence-electron chi connectivity index (χ2n) is 4.10. The lowest BCUT2D eigenvalue weighted by Crippen LogP contribution is -2.01. The van der Waals surface area contributed by atoms with Crippen LogP contribution in [-0.4, -0.2) is 12.2 Å². The second kappa shape index (κ2) is 4.86. The zero-order valence-corrected chi connectivity index (χ0v) is 10.8. The maximum absolute atomic E-state index is 5.96. The van der Waals surface area contributed by atoms with Crippen LogP contribution in [-0.2, 0) is 4.74 Å². The summed E-state index contributed by atoms with van der Waals surface area (Å²) in [5.41, 5.74) is 0. The van der Waals surface area contributed by atoms with Crippen LogP contribution in [0.25, 0.3) is 0 Å². The molecule has 1 fully saturated rings. The predicted molar refractivity (Wildman–Crippen MR) is 65.9 cm³/mol. The summed E-state index contributed by atoms with van der Waals surface area (Å²) in [7, 11) is 0. The molecule has 0 saturated carbocycles. The number of ether oxygens (including phenoxy) is 1. The van der Waals surface area contributed by atoms with Gasteiger partial charge in [-0.1, -0.05) is 25.4 Å². The largest absolute Gasteiger partial charge is 0.370 e. The summed E-state index contributed by atoms with van der Waals surface area (Å²) in [6, 6.07) is 4.15. The molecule has 84 valence electrons. The maximum Gasteiger partial charge on any atom is 0.0931 e. The number of rotatable bonds is 5. The second-order valence-corrected chi connectivity index (χ2v) is 5.85. The molecule has 0 amide bonds. The Kier molecular flexibility index (Phi) is 3.70. The van der Waals surface area contributed by atoms with Crippen LogP contribution in [0.4, 0.5) is 0 Å². The third-order valence-corrected chi connectivity index (χ3v) is 4.49. The van der Waals surface area contributed by atoms with Crippen molar-refractivity contribution in [1.29, 1.82) is 0 Å². The minimum Gasteiger partial charge on any atom is -0.370 e. The summed E-state index contributed by atoms with van der Waals surface area (Å²) < 4.78 is 6.49. The molecule has 3 atom stereocenters. The van der Waals surface area contributed by atoms with E-state index in [1.165, 1.54) is 11.3 Å². The van der Waals surface area contributed by atoms with Crippen LogP contribution in [0.15, 0.2) is 12.1 Å². The van der Waals surface area contributed by atoms with Gasteiger partial charge in [-0.15, -0.1) is 11.3 Å². The van der Waals surface area contributed by atoms with Gasteiger partial charge in [0.25, 0.3) is 0 Å². The van der Waals surface area contributed by atoms with Crippen LogP contribution in [0.1, 0.15) is 43.9 Å². The van der Waals surface area contributed by atoms with Crippen molar-refractivity contribution >= 4 is 22.9 Å². The van der Waals surface area contributed by atoms with E-state index >= 15 is 0 Å². The topological polar surface area (TPSA) is 12.5 Å². The summed E-state index contributed by atoms with van der Waals surface area (Å²) in [5, 5.41) is 0. The lowest BCUT2D eigenvalue weighted by molar-refractivity contribution is 0.349. The maximum atomic E-state index is 5.96. The van der Waals surface area contributed by atoms with Crippen molar-refractivity contribution < 1.29 is 4.74 Å². The first-order chi connectivity index (χ1) is 7.24. The van der Waals surface area contributed by atoms with Crippen LogP contribution in [0.2, 0.25) is 4.34 Å². The summed E-state index contributed by atoms with van der Waals surface area (Å²) in [6.45, 7) is 4.43. The van der Waals surface area contributed by atoms with Crippen LogP contribution in [0.5, 0.6) is 0 Å². The molecule has 0 spiro atoms. The molecule has 1 aromatic rings. The van der Waals surface area contributed by atoms with E-state index in [9.17, 15) is 0 Å². The first kappa shape index (κ1) is 11.4. The highest BCUT2D eigenvalue weighted by Gasteiger charge is 2.38. The average Bonchev–Trinajstić information content (AvgIpc) is 2.87. The van der Waals surface area contributed by atoms with Gasteiger partial charge in [-0.2, -0.15) is 0 Å². The van der Waals surface area contributed by atoms with Gasteiger partial charge in [0.2, 0.25) is 0 Å². The molecule has 1 aliphatic rings. The molecule has 1 aliphatic heterocycles. The van der Waals surface area contributed by atoms with Crippen molar-refractivity contribution in [1.82, 2.24) is 0 Å². The lowest BCUT2D eigenvalue weighted by Gasteiger charge is -2.10. The van der Waals surface area contributed by atoms with Crippen LogP contribution in [0, 0.1) is 0 Å². The van der Waals surface area contributed by atoms with Gasteiger partial charge in [-0.25, -0.2) is 0 Å². The van der Waals surface area contributed by atoms with Crippen molar-refractivity contribution in [2.24, 2.45) is 0 Å². The van der Waals surface area contributed by atoms with Crippen molar-refractivity contribution in [3.63, 3.8) is 0 Å². The highest BCUT2D eigenvalue weighted by Crippen LogP contribution is 2.39. The smallest absolute Gasteiger partial charge is 0.0931 e. The Morgan fingerprint density at radius 3 is 2.67 bits per heavy atom. The molecule has 3 heteroatoms. The van der Waals surface area contributed by atoms with Crippen LogP contribution in [0.3, 0.4) is 0 Å². The fourth-order valence-electron chi connectivity index (χ4n) is 2.06. The van der Waals surface area contributed by atoms with Crippen molar-refractivity contribution in [3.8, 4) is 0 Å². The van der Waals surface area contributed by atoms with Crippen molar-refractivity contribution in [3.05, 3.63) is 21.3 Å². The van der Waals surface area contributed by atoms with E-state index in [4.69, 9.17) is 16.3 Å². The van der Waals surface area contributed by atoms with Gasteiger partial charge < -0.3 is 4.74 Å². The van der Waals surface area contributed by atoms with Gasteiger partial charge in [-0.3, -0.25) is 0 Å². The molecular weight excluding hydrogens is 228 g/mol. The molecule has 0 radical (unpaired) electrons. The van der Waals surface area contributed by atoms with E-state index in [2.05, 4.69) is 19.9 Å². The summed E-state index contributed by atoms with van der Waals surface area (Å²) in [6.07, 6.45) is 4.50. The van der Waals surface area contributed by atoms with E-state index in [1.54, 1.807) is 11.3 Å². The van der Waals surface area contributed by atoms with Gasteiger partial charge in [-0.05, 0) is 37.3 Å². The van der Waals surface area contributed by atoms with Gasteiger partial charge in [0.1, 0.15) is 0 Å². The summed E-state index contributed by atoms with van der Waals surface area (Å²) in [5.74, 6) is 0.629. The normalized spacial score (nSPS) is 26.6.